The maximum Gasteiger partial charge on any atom is 0.280 e. The Balaban J connectivity index is 0.911. The number of anilines is 1. The van der Waals surface area contributed by atoms with Crippen LogP contribution in [0, 0.1) is 29.0 Å². The second kappa shape index (κ2) is 14.7. The third-order valence-corrected chi connectivity index (χ3v) is 13.4. The topological polar surface area (TPSA) is 126 Å². The number of carbonyl (C=O) groups excluding carboxylic acids is 1. The van der Waals surface area contributed by atoms with Crippen molar-refractivity contribution in [1.29, 1.82) is 0 Å². The Kier molecular flexibility index (Phi) is 10.5. The fourth-order valence-electron chi connectivity index (χ4n) is 8.74. The maximum absolute atomic E-state index is 14.5. The van der Waals surface area contributed by atoms with Gasteiger partial charge < -0.3 is 24.0 Å². The number of nitrogens with one attached hydrogen (secondary N) is 1. The van der Waals surface area contributed by atoms with E-state index in [-0.39, 0.29) is 52.7 Å². The van der Waals surface area contributed by atoms with E-state index in [2.05, 4.69) is 24.5 Å². The molecule has 14 heteroatoms. The Labute approximate surface area is 295 Å². The zero-order chi connectivity index (χ0) is 35.0. The second-order valence-electron chi connectivity index (χ2n) is 15.4. The summed E-state index contributed by atoms with van der Waals surface area (Å²) in [6.45, 7) is 12.5. The summed E-state index contributed by atoms with van der Waals surface area (Å²) in [4.78, 5) is 27.2. The summed E-state index contributed by atoms with van der Waals surface area (Å²) in [6, 6.07) is 3.97. The summed E-state index contributed by atoms with van der Waals surface area (Å²) < 4.78 is 62.8. The quantitative estimate of drug-likeness (QED) is 0.357. The number of hydrogen-bond donors (Lipinski definition) is 1. The molecule has 0 amide bonds. The van der Waals surface area contributed by atoms with E-state index in [1.54, 1.807) is 10.5 Å². The van der Waals surface area contributed by atoms with Crippen LogP contribution in [-0.2, 0) is 19.7 Å². The summed E-state index contributed by atoms with van der Waals surface area (Å²) in [5.41, 5.74) is 0.419. The number of likely N-dealkylation sites (tertiary alicyclic amines) is 1. The molecule has 0 bridgehead atoms. The van der Waals surface area contributed by atoms with Crippen molar-refractivity contribution in [3.8, 4) is 11.5 Å². The van der Waals surface area contributed by atoms with Crippen molar-refractivity contribution in [3.05, 3.63) is 42.1 Å². The molecule has 0 aliphatic carbocycles. The summed E-state index contributed by atoms with van der Waals surface area (Å²) in [5.74, 6) is 0.543. The first-order valence-electron chi connectivity index (χ1n) is 18.3. The SMILES string of the molecule is C[C@@H]1COC[C@@H](C)C1C(=O)c1cc(F)ccc1Oc1cncnc1N1CC2(CCN(C[C@@H]3CC[C@@H](NS(=O)(=O)N4CCC[C@H]4C)CO3)CC2)C1. The van der Waals surface area contributed by atoms with Gasteiger partial charge in [0.2, 0.25) is 0 Å². The molecule has 1 aromatic heterocycles. The number of aromatic nitrogens is 2. The lowest BCUT2D eigenvalue weighted by Crippen LogP contribution is -2.61. The van der Waals surface area contributed by atoms with Crippen LogP contribution in [0.5, 0.6) is 11.5 Å². The summed E-state index contributed by atoms with van der Waals surface area (Å²) in [6.07, 6.45) is 8.78. The van der Waals surface area contributed by atoms with Crippen molar-refractivity contribution >= 4 is 21.8 Å². The molecule has 5 saturated heterocycles. The molecule has 5 fully saturated rings. The van der Waals surface area contributed by atoms with Crippen LogP contribution in [0.2, 0.25) is 0 Å². The van der Waals surface area contributed by atoms with E-state index in [4.69, 9.17) is 14.2 Å². The van der Waals surface area contributed by atoms with Crippen molar-refractivity contribution in [2.45, 2.75) is 77.5 Å². The van der Waals surface area contributed by atoms with Gasteiger partial charge >= 0.3 is 0 Å². The van der Waals surface area contributed by atoms with Crippen molar-refractivity contribution in [2.75, 3.05) is 64.0 Å². The average Bonchev–Trinajstić information content (AvgIpc) is 3.53. The van der Waals surface area contributed by atoms with Crippen LogP contribution in [0.4, 0.5) is 10.2 Å². The molecule has 2 aromatic rings. The van der Waals surface area contributed by atoms with Crippen LogP contribution >= 0.6 is 0 Å². The highest BCUT2D eigenvalue weighted by molar-refractivity contribution is 7.87. The third kappa shape index (κ3) is 7.56. The molecule has 12 nitrogen and oxygen atoms in total. The lowest BCUT2D eigenvalue weighted by atomic mass is 9.72. The van der Waals surface area contributed by atoms with Gasteiger partial charge in [-0.25, -0.2) is 14.4 Å². The van der Waals surface area contributed by atoms with E-state index >= 15 is 0 Å². The van der Waals surface area contributed by atoms with Gasteiger partial charge in [0.1, 0.15) is 17.9 Å². The van der Waals surface area contributed by atoms with Crippen LogP contribution in [0.15, 0.2) is 30.7 Å². The Morgan fingerprint density at radius 1 is 1.04 bits per heavy atom. The lowest BCUT2D eigenvalue weighted by Gasteiger charge is -2.54. The van der Waals surface area contributed by atoms with Crippen molar-refractivity contribution in [1.82, 2.24) is 23.9 Å². The number of hydrogen-bond acceptors (Lipinski definition) is 10. The molecule has 7 rings (SSSR count). The van der Waals surface area contributed by atoms with Crippen LogP contribution in [-0.4, -0.2) is 111 Å². The zero-order valence-corrected chi connectivity index (χ0v) is 30.2. The molecule has 6 heterocycles. The first-order chi connectivity index (χ1) is 24.0. The smallest absolute Gasteiger partial charge is 0.280 e. The number of nitrogens with zero attached hydrogens (tertiary/aromatic N) is 5. The first kappa shape index (κ1) is 35.6. The fourth-order valence-corrected chi connectivity index (χ4v) is 10.4. The highest BCUT2D eigenvalue weighted by Gasteiger charge is 2.46. The number of carbonyl (C=O) groups is 1. The summed E-state index contributed by atoms with van der Waals surface area (Å²) in [5, 5.41) is 0. The van der Waals surface area contributed by atoms with E-state index in [1.807, 2.05) is 20.8 Å². The van der Waals surface area contributed by atoms with Crippen molar-refractivity contribution in [2.24, 2.45) is 23.2 Å². The van der Waals surface area contributed by atoms with Gasteiger partial charge in [-0.1, -0.05) is 13.8 Å². The van der Waals surface area contributed by atoms with Gasteiger partial charge in [-0.2, -0.15) is 17.4 Å². The van der Waals surface area contributed by atoms with Gasteiger partial charge in [-0.3, -0.25) is 4.79 Å². The van der Waals surface area contributed by atoms with Gasteiger partial charge in [-0.15, -0.1) is 0 Å². The Morgan fingerprint density at radius 3 is 2.48 bits per heavy atom. The van der Waals surface area contributed by atoms with E-state index < -0.39 is 16.0 Å². The highest BCUT2D eigenvalue weighted by Crippen LogP contribution is 2.45. The zero-order valence-electron chi connectivity index (χ0n) is 29.4. The lowest BCUT2D eigenvalue weighted by molar-refractivity contribution is -0.0301. The first-order valence-corrected chi connectivity index (χ1v) is 19.7. The molecule has 1 spiro atoms. The monoisotopic (exact) mass is 714 g/mol. The molecule has 274 valence electrons. The van der Waals surface area contributed by atoms with Crippen LogP contribution in [0.25, 0.3) is 0 Å². The summed E-state index contributed by atoms with van der Waals surface area (Å²) >= 11 is 0. The van der Waals surface area contributed by atoms with Gasteiger partial charge in [-0.05, 0) is 88.6 Å². The number of piperidine rings is 1. The molecular weight excluding hydrogens is 663 g/mol. The van der Waals surface area contributed by atoms with Crippen molar-refractivity contribution in [3.63, 3.8) is 0 Å². The van der Waals surface area contributed by atoms with Crippen molar-refractivity contribution < 1.29 is 31.8 Å². The Morgan fingerprint density at radius 2 is 1.80 bits per heavy atom. The predicted octanol–water partition coefficient (Wildman–Crippen LogP) is 4.28. The minimum absolute atomic E-state index is 0.0150. The molecular formula is C36H51FN6O6S. The van der Waals surface area contributed by atoms with Crippen LogP contribution in [0.3, 0.4) is 0 Å². The molecule has 0 radical (unpaired) electrons. The van der Waals surface area contributed by atoms with E-state index in [0.29, 0.717) is 43.7 Å². The van der Waals surface area contributed by atoms with E-state index in [1.165, 1.54) is 24.5 Å². The van der Waals surface area contributed by atoms with Gasteiger partial charge in [0.05, 0.1) is 24.5 Å². The maximum atomic E-state index is 14.5. The van der Waals surface area contributed by atoms with Gasteiger partial charge in [0.15, 0.2) is 17.4 Å². The number of halogens is 1. The Hall–Kier alpha value is -2.75. The second-order valence-corrected chi connectivity index (χ2v) is 17.1. The molecule has 50 heavy (non-hydrogen) atoms. The normalized spacial score (nSPS) is 29.6. The van der Waals surface area contributed by atoms with E-state index in [9.17, 15) is 17.6 Å². The number of rotatable bonds is 10. The third-order valence-electron chi connectivity index (χ3n) is 11.6. The fraction of sp³-hybridized carbons (Fsp3) is 0.694. The predicted molar refractivity (Wildman–Crippen MR) is 186 cm³/mol. The number of Topliss-reactive ketones (excluding diaryl/α,β-unsaturated/α-hetero) is 1. The largest absolute Gasteiger partial charge is 0.451 e. The number of ether oxygens (including phenoxy) is 3. The molecule has 1 aromatic carbocycles. The van der Waals surface area contributed by atoms with Crippen LogP contribution < -0.4 is 14.4 Å². The molecule has 0 unspecified atom stereocenters. The van der Waals surface area contributed by atoms with Crippen LogP contribution in [0.1, 0.15) is 69.7 Å². The average molecular weight is 715 g/mol. The van der Waals surface area contributed by atoms with Gasteiger partial charge in [0.25, 0.3) is 10.2 Å². The summed E-state index contributed by atoms with van der Waals surface area (Å²) in [7, 11) is -3.48. The molecule has 5 aliphatic heterocycles. The van der Waals surface area contributed by atoms with Gasteiger partial charge in [0, 0.05) is 62.8 Å². The molecule has 5 aliphatic rings. The number of benzene rings is 1. The molecule has 1 N–H and O–H groups in total. The van der Waals surface area contributed by atoms with E-state index in [0.717, 1.165) is 71.2 Å². The Bertz CT molecular complexity index is 1610. The number of ketones is 1. The minimum Gasteiger partial charge on any atom is -0.451 e. The highest BCUT2D eigenvalue weighted by atomic mass is 32.2. The standard InChI is InChI=1S/C36H51FN6O6S/c1-24-18-47-19-25(2)33(24)34(44)30-15-27(37)6-9-31(30)49-32-16-38-23-39-35(32)42-21-36(22-42)10-13-41(14-11-36)17-29-8-7-28(20-48-29)40-50(45,46)43-12-4-5-26(43)3/h6,9,15-16,23-26,28-29,33,40H,4-5,7-8,10-14,17-22H2,1-3H3/t24-,25-,26-,28-,29+/m1/s1. The molecule has 5 atom stereocenters. The molecule has 0 saturated carbocycles. The minimum atomic E-state index is -3.48.